The lowest BCUT2D eigenvalue weighted by molar-refractivity contribution is -0.385. The molecule has 0 saturated carbocycles. The summed E-state index contributed by atoms with van der Waals surface area (Å²) in [6.45, 7) is 0. The number of carbonyl (C=O) groups is 1. The van der Waals surface area contributed by atoms with Gasteiger partial charge in [0.2, 0.25) is 0 Å². The van der Waals surface area contributed by atoms with Crippen LogP contribution in [-0.4, -0.2) is 10.8 Å². The molecule has 1 N–H and O–H groups in total. The molecule has 0 heterocycles. The van der Waals surface area contributed by atoms with Gasteiger partial charge in [-0.05, 0) is 23.8 Å². The van der Waals surface area contributed by atoms with Gasteiger partial charge in [0.25, 0.3) is 11.6 Å². The van der Waals surface area contributed by atoms with Crippen molar-refractivity contribution < 1.29 is 14.1 Å². The number of nitro benzene ring substituents is 1. The zero-order valence-electron chi connectivity index (χ0n) is 10.7. The molecule has 1 amide bonds. The van der Waals surface area contributed by atoms with E-state index < -0.39 is 16.6 Å². The highest BCUT2D eigenvalue weighted by Gasteiger charge is 2.13. The predicted octanol–water partition coefficient (Wildman–Crippen LogP) is 3.73. The number of alkyl halides is 1. The fourth-order valence-electron chi connectivity index (χ4n) is 1.71. The molecule has 0 aliphatic rings. The molecule has 7 heteroatoms. The first-order valence-corrected chi connectivity index (χ1v) is 6.45. The third-order valence-electron chi connectivity index (χ3n) is 2.76. The number of benzene rings is 2. The van der Waals surface area contributed by atoms with E-state index in [2.05, 4.69) is 5.32 Å². The molecule has 0 unspecified atom stereocenters. The Morgan fingerprint density at radius 2 is 2.05 bits per heavy atom. The van der Waals surface area contributed by atoms with Gasteiger partial charge in [-0.3, -0.25) is 14.9 Å². The zero-order valence-corrected chi connectivity index (χ0v) is 11.4. The monoisotopic (exact) mass is 308 g/mol. The summed E-state index contributed by atoms with van der Waals surface area (Å²) < 4.78 is 13.7. The van der Waals surface area contributed by atoms with Crippen molar-refractivity contribution in [1.29, 1.82) is 0 Å². The Kier molecular flexibility index (Phi) is 4.49. The number of rotatable bonds is 4. The van der Waals surface area contributed by atoms with Crippen LogP contribution >= 0.6 is 11.6 Å². The predicted molar refractivity (Wildman–Crippen MR) is 77.0 cm³/mol. The van der Waals surface area contributed by atoms with E-state index in [-0.39, 0.29) is 17.3 Å². The second kappa shape index (κ2) is 6.32. The van der Waals surface area contributed by atoms with Gasteiger partial charge in [-0.2, -0.15) is 0 Å². The number of hydrogen-bond acceptors (Lipinski definition) is 3. The summed E-state index contributed by atoms with van der Waals surface area (Å²) in [6.07, 6.45) is 0. The molecule has 5 nitrogen and oxygen atoms in total. The van der Waals surface area contributed by atoms with Gasteiger partial charge < -0.3 is 5.32 Å². The van der Waals surface area contributed by atoms with Crippen LogP contribution in [0.4, 0.5) is 15.8 Å². The minimum absolute atomic E-state index is 0.123. The van der Waals surface area contributed by atoms with Crippen molar-refractivity contribution in [2.24, 2.45) is 0 Å². The maximum Gasteiger partial charge on any atom is 0.272 e. The second-order valence-electron chi connectivity index (χ2n) is 4.21. The molecule has 2 aromatic rings. The van der Waals surface area contributed by atoms with Crippen molar-refractivity contribution in [1.82, 2.24) is 0 Å². The van der Waals surface area contributed by atoms with Crippen molar-refractivity contribution in [3.63, 3.8) is 0 Å². The van der Waals surface area contributed by atoms with Gasteiger partial charge in [0.05, 0.1) is 16.7 Å². The molecule has 0 saturated heterocycles. The Balaban J connectivity index is 2.21. The minimum Gasteiger partial charge on any atom is -0.319 e. The number of amides is 1. The van der Waals surface area contributed by atoms with Gasteiger partial charge in [0.1, 0.15) is 0 Å². The van der Waals surface area contributed by atoms with Crippen molar-refractivity contribution >= 4 is 28.9 Å². The molecule has 21 heavy (non-hydrogen) atoms. The highest BCUT2D eigenvalue weighted by molar-refractivity contribution is 6.17. The van der Waals surface area contributed by atoms with E-state index in [1.807, 2.05) is 0 Å². The second-order valence-corrected chi connectivity index (χ2v) is 4.48. The summed E-state index contributed by atoms with van der Waals surface area (Å²) >= 11 is 5.68. The third kappa shape index (κ3) is 3.55. The van der Waals surface area contributed by atoms with Crippen molar-refractivity contribution in [3.8, 4) is 0 Å². The lowest BCUT2D eigenvalue weighted by atomic mass is 10.1. The molecule has 0 atom stereocenters. The van der Waals surface area contributed by atoms with E-state index in [9.17, 15) is 19.3 Å². The van der Waals surface area contributed by atoms with Gasteiger partial charge in [-0.1, -0.05) is 12.1 Å². The first-order chi connectivity index (χ1) is 10.0. The average Bonchev–Trinajstić information content (AvgIpc) is 2.49. The Hall–Kier alpha value is -2.47. The van der Waals surface area contributed by atoms with Gasteiger partial charge in [0, 0.05) is 17.5 Å². The SMILES string of the molecule is O=C(Nc1ccc([N+](=O)[O-])cc1F)c1cccc(CCl)c1. The largest absolute Gasteiger partial charge is 0.319 e. The molecule has 0 bridgehead atoms. The molecule has 0 spiro atoms. The summed E-state index contributed by atoms with van der Waals surface area (Å²) in [5.41, 5.74) is 0.580. The van der Waals surface area contributed by atoms with Crippen LogP contribution in [0.5, 0.6) is 0 Å². The Labute approximate surface area is 124 Å². The van der Waals surface area contributed by atoms with E-state index in [1.54, 1.807) is 24.3 Å². The molecule has 0 aliphatic carbocycles. The zero-order chi connectivity index (χ0) is 15.4. The average molecular weight is 309 g/mol. The standard InChI is InChI=1S/C14H10ClFN2O3/c15-8-9-2-1-3-10(6-9)14(19)17-13-5-4-11(18(20)21)7-12(13)16/h1-7H,8H2,(H,17,19). The summed E-state index contributed by atoms with van der Waals surface area (Å²) in [7, 11) is 0. The van der Waals surface area contributed by atoms with Crippen LogP contribution in [0.25, 0.3) is 0 Å². The first kappa shape index (κ1) is 14.9. The number of non-ortho nitro benzene ring substituents is 1. The number of nitro groups is 1. The quantitative estimate of drug-likeness (QED) is 0.531. The van der Waals surface area contributed by atoms with E-state index in [4.69, 9.17) is 11.6 Å². The normalized spacial score (nSPS) is 10.2. The molecule has 2 aromatic carbocycles. The summed E-state index contributed by atoms with van der Waals surface area (Å²) in [5, 5.41) is 12.9. The van der Waals surface area contributed by atoms with Gasteiger partial charge in [0.15, 0.2) is 5.82 Å². The van der Waals surface area contributed by atoms with Crippen LogP contribution in [0.3, 0.4) is 0 Å². The van der Waals surface area contributed by atoms with Gasteiger partial charge in [-0.25, -0.2) is 4.39 Å². The molecule has 0 aromatic heterocycles. The third-order valence-corrected chi connectivity index (χ3v) is 3.06. The number of anilines is 1. The van der Waals surface area contributed by atoms with Crippen LogP contribution in [0.15, 0.2) is 42.5 Å². The fourth-order valence-corrected chi connectivity index (χ4v) is 1.88. The van der Waals surface area contributed by atoms with Gasteiger partial charge in [-0.15, -0.1) is 11.6 Å². The number of nitrogens with zero attached hydrogens (tertiary/aromatic N) is 1. The van der Waals surface area contributed by atoms with E-state index in [0.717, 1.165) is 23.8 Å². The molecule has 0 aliphatic heterocycles. The van der Waals surface area contributed by atoms with Crippen molar-refractivity contribution in [2.45, 2.75) is 5.88 Å². The van der Waals surface area contributed by atoms with Crippen LogP contribution in [-0.2, 0) is 5.88 Å². The van der Waals surface area contributed by atoms with Crippen LogP contribution in [0.1, 0.15) is 15.9 Å². The first-order valence-electron chi connectivity index (χ1n) is 5.91. The van der Waals surface area contributed by atoms with Crippen LogP contribution in [0, 0.1) is 15.9 Å². The van der Waals surface area contributed by atoms with Gasteiger partial charge >= 0.3 is 0 Å². The van der Waals surface area contributed by atoms with E-state index in [1.165, 1.54) is 0 Å². The van der Waals surface area contributed by atoms with Crippen molar-refractivity contribution in [3.05, 3.63) is 69.5 Å². The topological polar surface area (TPSA) is 72.2 Å². The maximum absolute atomic E-state index is 13.7. The number of nitrogens with one attached hydrogen (secondary N) is 1. The smallest absolute Gasteiger partial charge is 0.272 e. The molecule has 0 radical (unpaired) electrons. The summed E-state index contributed by atoms with van der Waals surface area (Å²) in [4.78, 5) is 21.8. The van der Waals surface area contributed by atoms with Crippen molar-refractivity contribution in [2.75, 3.05) is 5.32 Å². The lowest BCUT2D eigenvalue weighted by Gasteiger charge is -2.07. The molecule has 0 fully saturated rings. The number of halogens is 2. The summed E-state index contributed by atoms with van der Waals surface area (Å²) in [5.74, 6) is -1.13. The molecular weight excluding hydrogens is 299 g/mol. The Morgan fingerprint density at radius 1 is 1.29 bits per heavy atom. The fraction of sp³-hybridized carbons (Fsp3) is 0.0714. The van der Waals surface area contributed by atoms with E-state index in [0.29, 0.717) is 5.56 Å². The minimum atomic E-state index is -0.869. The maximum atomic E-state index is 13.7. The lowest BCUT2D eigenvalue weighted by Crippen LogP contribution is -2.13. The number of hydrogen-bond donors (Lipinski definition) is 1. The van der Waals surface area contributed by atoms with Crippen LogP contribution < -0.4 is 5.32 Å². The molecular formula is C14H10ClFN2O3. The highest BCUT2D eigenvalue weighted by atomic mass is 35.5. The Morgan fingerprint density at radius 3 is 2.67 bits per heavy atom. The molecule has 2 rings (SSSR count). The molecule has 108 valence electrons. The number of carbonyl (C=O) groups excluding carboxylic acids is 1. The summed E-state index contributed by atoms with van der Waals surface area (Å²) in [6, 6.07) is 9.60. The van der Waals surface area contributed by atoms with E-state index >= 15 is 0 Å². The Bertz CT molecular complexity index is 706. The van der Waals surface area contributed by atoms with Crippen LogP contribution in [0.2, 0.25) is 0 Å². The highest BCUT2D eigenvalue weighted by Crippen LogP contribution is 2.21.